The smallest absolute Gasteiger partial charge is 0.410 e. The predicted molar refractivity (Wildman–Crippen MR) is 84.7 cm³/mol. The molecule has 1 atom stereocenters. The molecule has 1 fully saturated rings. The van der Waals surface area contributed by atoms with Crippen LogP contribution in [0, 0.1) is 0 Å². The zero-order chi connectivity index (χ0) is 16.5. The standard InChI is InChI=1S/C16H30N2O4/c1-12(2)21-11-6-5-9-17-15(19)14-8-7-10-18(14)16(20)22-13(3)4/h12-14H,5-11H2,1-4H3,(H,17,19). The van der Waals surface area contributed by atoms with E-state index in [4.69, 9.17) is 9.47 Å². The fourth-order valence-corrected chi connectivity index (χ4v) is 2.40. The number of ether oxygens (including phenoxy) is 2. The first kappa shape index (κ1) is 18.7. The summed E-state index contributed by atoms with van der Waals surface area (Å²) in [5.74, 6) is -0.0806. The van der Waals surface area contributed by atoms with Crippen LogP contribution in [0.5, 0.6) is 0 Å². The third-order valence-electron chi connectivity index (χ3n) is 3.45. The molecule has 6 heteroatoms. The van der Waals surface area contributed by atoms with Gasteiger partial charge in [0, 0.05) is 19.7 Å². The molecule has 0 saturated carbocycles. The van der Waals surface area contributed by atoms with E-state index in [2.05, 4.69) is 5.32 Å². The van der Waals surface area contributed by atoms with E-state index in [-0.39, 0.29) is 18.1 Å². The average molecular weight is 314 g/mol. The van der Waals surface area contributed by atoms with Gasteiger partial charge in [-0.15, -0.1) is 0 Å². The first-order chi connectivity index (χ1) is 10.4. The molecule has 6 nitrogen and oxygen atoms in total. The maximum absolute atomic E-state index is 12.2. The molecule has 0 bridgehead atoms. The summed E-state index contributed by atoms with van der Waals surface area (Å²) < 4.78 is 10.6. The van der Waals surface area contributed by atoms with Gasteiger partial charge in [-0.1, -0.05) is 0 Å². The molecule has 128 valence electrons. The van der Waals surface area contributed by atoms with E-state index in [9.17, 15) is 9.59 Å². The Morgan fingerprint density at radius 1 is 1.18 bits per heavy atom. The molecular weight excluding hydrogens is 284 g/mol. The van der Waals surface area contributed by atoms with Crippen molar-refractivity contribution in [2.24, 2.45) is 0 Å². The third kappa shape index (κ3) is 6.64. The van der Waals surface area contributed by atoms with Crippen molar-refractivity contribution in [3.8, 4) is 0 Å². The highest BCUT2D eigenvalue weighted by Crippen LogP contribution is 2.19. The van der Waals surface area contributed by atoms with Crippen LogP contribution in [0.15, 0.2) is 0 Å². The van der Waals surface area contributed by atoms with Crippen LogP contribution in [-0.4, -0.2) is 54.8 Å². The third-order valence-corrected chi connectivity index (χ3v) is 3.45. The lowest BCUT2D eigenvalue weighted by Gasteiger charge is -2.24. The number of carbonyl (C=O) groups excluding carboxylic acids is 2. The normalized spacial score (nSPS) is 18.1. The van der Waals surface area contributed by atoms with Gasteiger partial charge in [-0.3, -0.25) is 9.69 Å². The highest BCUT2D eigenvalue weighted by Gasteiger charge is 2.35. The molecule has 1 saturated heterocycles. The van der Waals surface area contributed by atoms with Gasteiger partial charge in [0.1, 0.15) is 6.04 Å². The minimum absolute atomic E-state index is 0.0806. The van der Waals surface area contributed by atoms with Crippen molar-refractivity contribution in [2.75, 3.05) is 19.7 Å². The molecule has 1 aliphatic rings. The molecule has 1 aliphatic heterocycles. The summed E-state index contributed by atoms with van der Waals surface area (Å²) in [6.45, 7) is 9.55. The molecule has 1 rings (SSSR count). The summed E-state index contributed by atoms with van der Waals surface area (Å²) in [5, 5.41) is 2.91. The van der Waals surface area contributed by atoms with E-state index >= 15 is 0 Å². The van der Waals surface area contributed by atoms with Crippen molar-refractivity contribution < 1.29 is 19.1 Å². The van der Waals surface area contributed by atoms with Gasteiger partial charge in [0.15, 0.2) is 0 Å². The minimum Gasteiger partial charge on any atom is -0.447 e. The number of nitrogens with one attached hydrogen (secondary N) is 1. The highest BCUT2D eigenvalue weighted by atomic mass is 16.6. The van der Waals surface area contributed by atoms with Crippen LogP contribution < -0.4 is 5.32 Å². The first-order valence-electron chi connectivity index (χ1n) is 8.28. The van der Waals surface area contributed by atoms with E-state index in [0.29, 0.717) is 26.1 Å². The van der Waals surface area contributed by atoms with Crippen molar-refractivity contribution in [1.82, 2.24) is 10.2 Å². The van der Waals surface area contributed by atoms with Gasteiger partial charge in [-0.2, -0.15) is 0 Å². The van der Waals surface area contributed by atoms with E-state index in [1.165, 1.54) is 4.90 Å². The first-order valence-corrected chi connectivity index (χ1v) is 8.28. The molecule has 0 aromatic heterocycles. The summed E-state index contributed by atoms with van der Waals surface area (Å²) in [6.07, 6.45) is 3.02. The van der Waals surface area contributed by atoms with Crippen molar-refractivity contribution in [1.29, 1.82) is 0 Å². The average Bonchev–Trinajstić information content (AvgIpc) is 2.90. The minimum atomic E-state index is -0.391. The number of nitrogens with zero attached hydrogens (tertiary/aromatic N) is 1. The zero-order valence-corrected chi connectivity index (χ0v) is 14.3. The molecule has 0 radical (unpaired) electrons. The maximum Gasteiger partial charge on any atom is 0.410 e. The fraction of sp³-hybridized carbons (Fsp3) is 0.875. The number of hydrogen-bond donors (Lipinski definition) is 1. The van der Waals surface area contributed by atoms with Gasteiger partial charge >= 0.3 is 6.09 Å². The number of unbranched alkanes of at least 4 members (excludes halogenated alkanes) is 1. The molecule has 0 aromatic rings. The second-order valence-electron chi connectivity index (χ2n) is 6.20. The molecule has 1 heterocycles. The second kappa shape index (κ2) is 9.66. The van der Waals surface area contributed by atoms with Crippen LogP contribution in [0.4, 0.5) is 4.79 Å². The lowest BCUT2D eigenvalue weighted by atomic mass is 10.2. The Hall–Kier alpha value is -1.30. The number of likely N-dealkylation sites (tertiary alicyclic amines) is 1. The maximum atomic E-state index is 12.2. The largest absolute Gasteiger partial charge is 0.447 e. The van der Waals surface area contributed by atoms with E-state index < -0.39 is 12.1 Å². The Kier molecular flexibility index (Phi) is 8.24. The monoisotopic (exact) mass is 314 g/mol. The van der Waals surface area contributed by atoms with E-state index in [1.54, 1.807) is 0 Å². The van der Waals surface area contributed by atoms with Crippen LogP contribution in [0.3, 0.4) is 0 Å². The van der Waals surface area contributed by atoms with Crippen molar-refractivity contribution in [3.05, 3.63) is 0 Å². The van der Waals surface area contributed by atoms with Crippen molar-refractivity contribution in [3.63, 3.8) is 0 Å². The second-order valence-corrected chi connectivity index (χ2v) is 6.20. The van der Waals surface area contributed by atoms with Crippen LogP contribution in [0.2, 0.25) is 0 Å². The highest BCUT2D eigenvalue weighted by molar-refractivity contribution is 5.86. The Balaban J connectivity index is 2.27. The number of amides is 2. The Labute approximate surface area is 133 Å². The van der Waals surface area contributed by atoms with Crippen LogP contribution in [-0.2, 0) is 14.3 Å². The SMILES string of the molecule is CC(C)OCCCCNC(=O)C1CCCN1C(=O)OC(C)C. The van der Waals surface area contributed by atoms with Gasteiger partial charge in [0.05, 0.1) is 12.2 Å². The van der Waals surface area contributed by atoms with Gasteiger partial charge < -0.3 is 14.8 Å². The van der Waals surface area contributed by atoms with Gasteiger partial charge in [0.25, 0.3) is 0 Å². The molecular formula is C16H30N2O4. The Bertz CT molecular complexity index is 358. The topological polar surface area (TPSA) is 67.9 Å². The molecule has 1 unspecified atom stereocenters. The van der Waals surface area contributed by atoms with Crippen LogP contribution in [0.25, 0.3) is 0 Å². The van der Waals surface area contributed by atoms with Gasteiger partial charge in [-0.25, -0.2) is 4.79 Å². The van der Waals surface area contributed by atoms with Crippen molar-refractivity contribution in [2.45, 2.75) is 71.6 Å². The van der Waals surface area contributed by atoms with Crippen molar-refractivity contribution >= 4 is 12.0 Å². The number of carbonyl (C=O) groups is 2. The summed E-state index contributed by atoms with van der Waals surface area (Å²) >= 11 is 0. The quantitative estimate of drug-likeness (QED) is 0.698. The summed E-state index contributed by atoms with van der Waals surface area (Å²) in [6, 6.07) is -0.391. The van der Waals surface area contributed by atoms with Crippen LogP contribution in [0.1, 0.15) is 53.4 Å². The van der Waals surface area contributed by atoms with Gasteiger partial charge in [-0.05, 0) is 53.4 Å². The molecule has 22 heavy (non-hydrogen) atoms. The number of rotatable bonds is 8. The zero-order valence-electron chi connectivity index (χ0n) is 14.3. The van der Waals surface area contributed by atoms with E-state index in [0.717, 1.165) is 19.3 Å². The molecule has 0 spiro atoms. The number of hydrogen-bond acceptors (Lipinski definition) is 4. The molecule has 1 N–H and O–H groups in total. The Morgan fingerprint density at radius 3 is 2.55 bits per heavy atom. The lowest BCUT2D eigenvalue weighted by molar-refractivity contribution is -0.125. The van der Waals surface area contributed by atoms with E-state index in [1.807, 2.05) is 27.7 Å². The Morgan fingerprint density at radius 2 is 1.91 bits per heavy atom. The molecule has 2 amide bonds. The summed E-state index contributed by atoms with van der Waals surface area (Å²) in [4.78, 5) is 25.7. The summed E-state index contributed by atoms with van der Waals surface area (Å²) in [5.41, 5.74) is 0. The fourth-order valence-electron chi connectivity index (χ4n) is 2.40. The van der Waals surface area contributed by atoms with Crippen LogP contribution >= 0.6 is 0 Å². The molecule has 0 aromatic carbocycles. The summed E-state index contributed by atoms with van der Waals surface area (Å²) in [7, 11) is 0. The van der Waals surface area contributed by atoms with Gasteiger partial charge in [0.2, 0.25) is 5.91 Å². The molecule has 0 aliphatic carbocycles. The lowest BCUT2D eigenvalue weighted by Crippen LogP contribution is -2.46. The predicted octanol–water partition coefficient (Wildman–Crippen LogP) is 2.32.